The minimum atomic E-state index is -0.145. The number of hydrogen-bond donors (Lipinski definition) is 1. The maximum atomic E-state index is 12.0. The van der Waals surface area contributed by atoms with Gasteiger partial charge in [0.2, 0.25) is 0 Å². The largest absolute Gasteiger partial charge is 0.355 e. The van der Waals surface area contributed by atoms with Gasteiger partial charge in [-0.2, -0.15) is 0 Å². The number of carbonyl (C=O) groups is 1. The van der Waals surface area contributed by atoms with Crippen molar-refractivity contribution in [2.75, 3.05) is 45.2 Å². The van der Waals surface area contributed by atoms with Gasteiger partial charge >= 0.3 is 0 Å². The van der Waals surface area contributed by atoms with E-state index in [2.05, 4.69) is 25.3 Å². The standard InChI is InChI=1S/C16H27N5O/c1-20(2)11-7-10-17-16(22)14-8-9-15(19-18-14)21-12-5-3-4-6-13-21/h8-9H,3-7,10-13H2,1-2H3,(H,17,22). The summed E-state index contributed by atoms with van der Waals surface area (Å²) >= 11 is 0. The summed E-state index contributed by atoms with van der Waals surface area (Å²) < 4.78 is 0. The van der Waals surface area contributed by atoms with E-state index < -0.39 is 0 Å². The van der Waals surface area contributed by atoms with Gasteiger partial charge in [0.15, 0.2) is 11.5 Å². The van der Waals surface area contributed by atoms with E-state index in [1.54, 1.807) is 6.07 Å². The number of nitrogens with zero attached hydrogens (tertiary/aromatic N) is 4. The SMILES string of the molecule is CN(C)CCCNC(=O)c1ccc(N2CCCCCC2)nn1. The number of rotatable bonds is 6. The molecular formula is C16H27N5O. The van der Waals surface area contributed by atoms with E-state index in [1.807, 2.05) is 20.2 Å². The van der Waals surface area contributed by atoms with Crippen molar-refractivity contribution in [1.82, 2.24) is 20.4 Å². The minimum absolute atomic E-state index is 0.145. The van der Waals surface area contributed by atoms with Crippen LogP contribution < -0.4 is 10.2 Å². The molecule has 0 saturated carbocycles. The zero-order valence-corrected chi connectivity index (χ0v) is 13.7. The van der Waals surface area contributed by atoms with Crippen molar-refractivity contribution in [3.8, 4) is 0 Å². The van der Waals surface area contributed by atoms with Crippen molar-refractivity contribution in [2.24, 2.45) is 0 Å². The Labute approximate surface area is 132 Å². The molecule has 6 heteroatoms. The third kappa shape index (κ3) is 5.26. The molecule has 1 fully saturated rings. The average Bonchev–Trinajstić information content (AvgIpc) is 2.80. The van der Waals surface area contributed by atoms with Gasteiger partial charge < -0.3 is 15.1 Å². The maximum Gasteiger partial charge on any atom is 0.271 e. The molecule has 1 amide bonds. The molecule has 0 atom stereocenters. The first-order chi connectivity index (χ1) is 10.7. The molecule has 1 saturated heterocycles. The third-order valence-electron chi connectivity index (χ3n) is 3.88. The Kier molecular flexibility index (Phi) is 6.58. The first kappa shape index (κ1) is 16.7. The Morgan fingerprint density at radius 3 is 2.50 bits per heavy atom. The van der Waals surface area contributed by atoms with Crippen LogP contribution in [-0.2, 0) is 0 Å². The second-order valence-electron chi connectivity index (χ2n) is 6.09. The van der Waals surface area contributed by atoms with E-state index >= 15 is 0 Å². The van der Waals surface area contributed by atoms with Crippen LogP contribution >= 0.6 is 0 Å². The van der Waals surface area contributed by atoms with Gasteiger partial charge in [-0.05, 0) is 52.0 Å². The molecule has 0 unspecified atom stereocenters. The van der Waals surface area contributed by atoms with Crippen LogP contribution in [0.3, 0.4) is 0 Å². The van der Waals surface area contributed by atoms with Crippen LogP contribution in [0.2, 0.25) is 0 Å². The summed E-state index contributed by atoms with van der Waals surface area (Å²) in [6.45, 7) is 3.68. The predicted octanol–water partition coefficient (Wildman–Crippen LogP) is 1.54. The lowest BCUT2D eigenvalue weighted by molar-refractivity contribution is 0.0946. The van der Waals surface area contributed by atoms with Crippen LogP contribution in [0.4, 0.5) is 5.82 Å². The van der Waals surface area contributed by atoms with Crippen LogP contribution in [0.25, 0.3) is 0 Å². The zero-order valence-electron chi connectivity index (χ0n) is 13.7. The molecule has 0 spiro atoms. The molecule has 6 nitrogen and oxygen atoms in total. The zero-order chi connectivity index (χ0) is 15.8. The van der Waals surface area contributed by atoms with Crippen molar-refractivity contribution < 1.29 is 4.79 Å². The smallest absolute Gasteiger partial charge is 0.271 e. The second kappa shape index (κ2) is 8.68. The van der Waals surface area contributed by atoms with Gasteiger partial charge in [-0.1, -0.05) is 12.8 Å². The summed E-state index contributed by atoms with van der Waals surface area (Å²) in [6.07, 6.45) is 5.92. The first-order valence-corrected chi connectivity index (χ1v) is 8.18. The highest BCUT2D eigenvalue weighted by molar-refractivity contribution is 5.92. The number of anilines is 1. The van der Waals surface area contributed by atoms with Crippen LogP contribution in [0.5, 0.6) is 0 Å². The van der Waals surface area contributed by atoms with Gasteiger partial charge in [0.05, 0.1) is 0 Å². The van der Waals surface area contributed by atoms with Gasteiger partial charge in [-0.25, -0.2) is 0 Å². The Bertz CT molecular complexity index is 452. The highest BCUT2D eigenvalue weighted by atomic mass is 16.1. The molecule has 0 radical (unpaired) electrons. The molecule has 0 aromatic carbocycles. The van der Waals surface area contributed by atoms with Crippen molar-refractivity contribution in [3.63, 3.8) is 0 Å². The molecule has 1 aromatic rings. The van der Waals surface area contributed by atoms with Gasteiger partial charge in [-0.15, -0.1) is 10.2 Å². The predicted molar refractivity (Wildman–Crippen MR) is 88.2 cm³/mol. The van der Waals surface area contributed by atoms with E-state index in [-0.39, 0.29) is 5.91 Å². The van der Waals surface area contributed by atoms with Gasteiger partial charge in [0.1, 0.15) is 0 Å². The van der Waals surface area contributed by atoms with Crippen LogP contribution in [0.15, 0.2) is 12.1 Å². The second-order valence-corrected chi connectivity index (χ2v) is 6.09. The Morgan fingerprint density at radius 1 is 1.18 bits per heavy atom. The summed E-state index contributed by atoms with van der Waals surface area (Å²) in [5.41, 5.74) is 0.392. The molecule has 0 aliphatic carbocycles. The molecule has 2 rings (SSSR count). The minimum Gasteiger partial charge on any atom is -0.355 e. The van der Waals surface area contributed by atoms with Crippen molar-refractivity contribution >= 4 is 11.7 Å². The average molecular weight is 305 g/mol. The van der Waals surface area contributed by atoms with E-state index in [4.69, 9.17) is 0 Å². The van der Waals surface area contributed by atoms with E-state index in [0.29, 0.717) is 12.2 Å². The lowest BCUT2D eigenvalue weighted by Crippen LogP contribution is -2.29. The summed E-state index contributed by atoms with van der Waals surface area (Å²) in [7, 11) is 4.05. The maximum absolute atomic E-state index is 12.0. The van der Waals surface area contributed by atoms with Crippen molar-refractivity contribution in [2.45, 2.75) is 32.1 Å². The van der Waals surface area contributed by atoms with Crippen LogP contribution in [-0.4, -0.2) is 61.3 Å². The van der Waals surface area contributed by atoms with Gasteiger partial charge in [-0.3, -0.25) is 4.79 Å². The number of nitrogens with one attached hydrogen (secondary N) is 1. The molecule has 1 N–H and O–H groups in total. The van der Waals surface area contributed by atoms with Crippen molar-refractivity contribution in [3.05, 3.63) is 17.8 Å². The third-order valence-corrected chi connectivity index (χ3v) is 3.88. The summed E-state index contributed by atoms with van der Waals surface area (Å²) in [5, 5.41) is 11.2. The number of amides is 1. The Morgan fingerprint density at radius 2 is 1.91 bits per heavy atom. The van der Waals surface area contributed by atoms with Crippen LogP contribution in [0, 0.1) is 0 Å². The molecule has 2 heterocycles. The normalized spacial score (nSPS) is 15.7. The monoisotopic (exact) mass is 305 g/mol. The fourth-order valence-corrected chi connectivity index (χ4v) is 2.60. The fourth-order valence-electron chi connectivity index (χ4n) is 2.60. The molecular weight excluding hydrogens is 278 g/mol. The summed E-state index contributed by atoms with van der Waals surface area (Å²) in [4.78, 5) is 16.4. The number of hydrogen-bond acceptors (Lipinski definition) is 5. The topological polar surface area (TPSA) is 61.4 Å². The van der Waals surface area contributed by atoms with E-state index in [9.17, 15) is 4.79 Å². The molecule has 1 aromatic heterocycles. The molecule has 0 bridgehead atoms. The molecule has 122 valence electrons. The van der Waals surface area contributed by atoms with Gasteiger partial charge in [0, 0.05) is 19.6 Å². The van der Waals surface area contributed by atoms with Gasteiger partial charge in [0.25, 0.3) is 5.91 Å². The Hall–Kier alpha value is -1.69. The lowest BCUT2D eigenvalue weighted by atomic mass is 10.2. The summed E-state index contributed by atoms with van der Waals surface area (Å²) in [5.74, 6) is 0.736. The van der Waals surface area contributed by atoms with Crippen molar-refractivity contribution in [1.29, 1.82) is 0 Å². The first-order valence-electron chi connectivity index (χ1n) is 8.18. The lowest BCUT2D eigenvalue weighted by Gasteiger charge is -2.20. The fraction of sp³-hybridized carbons (Fsp3) is 0.688. The number of carbonyl (C=O) groups excluding carboxylic acids is 1. The summed E-state index contributed by atoms with van der Waals surface area (Å²) in [6, 6.07) is 3.68. The highest BCUT2D eigenvalue weighted by Gasteiger charge is 2.13. The molecule has 1 aliphatic rings. The quantitative estimate of drug-likeness (QED) is 0.808. The van der Waals surface area contributed by atoms with Crippen LogP contribution in [0.1, 0.15) is 42.6 Å². The number of aromatic nitrogens is 2. The molecule has 1 aliphatic heterocycles. The van der Waals surface area contributed by atoms with E-state index in [1.165, 1.54) is 25.7 Å². The highest BCUT2D eigenvalue weighted by Crippen LogP contribution is 2.16. The molecule has 22 heavy (non-hydrogen) atoms. The Balaban J connectivity index is 1.83. The van der Waals surface area contributed by atoms with E-state index in [0.717, 1.165) is 31.9 Å².